The summed E-state index contributed by atoms with van der Waals surface area (Å²) in [6.07, 6.45) is 5.23. The average Bonchev–Trinajstić information content (AvgIpc) is 2.90. The van der Waals surface area contributed by atoms with E-state index >= 15 is 0 Å². The lowest BCUT2D eigenvalue weighted by Gasteiger charge is -2.16. The zero-order valence-electron chi connectivity index (χ0n) is 10.7. The van der Waals surface area contributed by atoms with Gasteiger partial charge in [-0.3, -0.25) is 4.98 Å². The Bertz CT molecular complexity index is 468. The van der Waals surface area contributed by atoms with Gasteiger partial charge in [-0.1, -0.05) is 6.92 Å². The van der Waals surface area contributed by atoms with Crippen molar-refractivity contribution in [3.8, 4) is 5.75 Å². The van der Waals surface area contributed by atoms with E-state index in [1.165, 1.54) is 0 Å². The molecule has 2 heterocycles. The smallest absolute Gasteiger partial charge is 0.137 e. The van der Waals surface area contributed by atoms with Crippen molar-refractivity contribution in [1.29, 1.82) is 0 Å². The molecule has 0 aliphatic heterocycles. The number of pyridine rings is 1. The Morgan fingerprint density at radius 3 is 2.94 bits per heavy atom. The Morgan fingerprint density at radius 2 is 2.28 bits per heavy atom. The van der Waals surface area contributed by atoms with Crippen LogP contribution in [0.25, 0.3) is 0 Å². The quantitative estimate of drug-likeness (QED) is 0.851. The van der Waals surface area contributed by atoms with Crippen molar-refractivity contribution in [3.63, 3.8) is 0 Å². The Kier molecular flexibility index (Phi) is 4.36. The van der Waals surface area contributed by atoms with Crippen molar-refractivity contribution in [2.24, 2.45) is 0 Å². The lowest BCUT2D eigenvalue weighted by Crippen LogP contribution is -2.21. The molecule has 96 valence electrons. The van der Waals surface area contributed by atoms with Crippen LogP contribution < -0.4 is 10.1 Å². The van der Waals surface area contributed by atoms with Gasteiger partial charge in [0, 0.05) is 6.20 Å². The number of nitrogens with zero attached hydrogens (tertiary/aromatic N) is 1. The monoisotopic (exact) mass is 246 g/mol. The molecule has 0 saturated carbocycles. The van der Waals surface area contributed by atoms with Crippen LogP contribution in [0.15, 0.2) is 41.3 Å². The summed E-state index contributed by atoms with van der Waals surface area (Å²) in [4.78, 5) is 4.21. The van der Waals surface area contributed by atoms with E-state index in [-0.39, 0.29) is 6.04 Å². The third-order valence-corrected chi connectivity index (χ3v) is 2.61. The molecular formula is C14H18N2O2. The van der Waals surface area contributed by atoms with Crippen molar-refractivity contribution >= 4 is 0 Å². The third kappa shape index (κ3) is 2.90. The molecule has 0 spiro atoms. The van der Waals surface area contributed by atoms with Gasteiger partial charge >= 0.3 is 0 Å². The molecule has 0 aliphatic rings. The van der Waals surface area contributed by atoms with Crippen LogP contribution in [0.5, 0.6) is 5.75 Å². The number of ether oxygens (including phenoxy) is 1. The first-order valence-corrected chi connectivity index (χ1v) is 6.19. The number of aromatic nitrogens is 1. The van der Waals surface area contributed by atoms with Crippen molar-refractivity contribution in [3.05, 3.63) is 48.2 Å². The first-order valence-electron chi connectivity index (χ1n) is 6.19. The second-order valence-electron chi connectivity index (χ2n) is 3.89. The lowest BCUT2D eigenvalue weighted by atomic mass is 10.1. The number of furan rings is 1. The summed E-state index contributed by atoms with van der Waals surface area (Å²) in [6, 6.07) is 5.85. The van der Waals surface area contributed by atoms with Gasteiger partial charge in [-0.05, 0) is 37.2 Å². The Balaban J connectivity index is 2.27. The molecule has 0 aliphatic carbocycles. The number of nitrogens with one attached hydrogen (secondary N) is 1. The van der Waals surface area contributed by atoms with E-state index in [9.17, 15) is 0 Å². The topological polar surface area (TPSA) is 47.3 Å². The van der Waals surface area contributed by atoms with Crippen LogP contribution in [0.1, 0.15) is 31.2 Å². The van der Waals surface area contributed by atoms with Crippen molar-refractivity contribution in [2.75, 3.05) is 13.2 Å². The standard InChI is InChI=1S/C14H18N2O2/c1-3-16-14(13-6-5-7-18-13)11-8-12(17-4-2)10-15-9-11/h5-10,14,16H,3-4H2,1-2H3. The molecule has 1 N–H and O–H groups in total. The fourth-order valence-electron chi connectivity index (χ4n) is 1.88. The second-order valence-corrected chi connectivity index (χ2v) is 3.89. The van der Waals surface area contributed by atoms with Crippen LogP contribution in [0.4, 0.5) is 0 Å². The predicted molar refractivity (Wildman–Crippen MR) is 69.6 cm³/mol. The van der Waals surface area contributed by atoms with Gasteiger partial charge in [0.15, 0.2) is 0 Å². The van der Waals surface area contributed by atoms with Crippen molar-refractivity contribution < 1.29 is 9.15 Å². The average molecular weight is 246 g/mol. The van der Waals surface area contributed by atoms with Gasteiger partial charge in [0.05, 0.1) is 25.1 Å². The number of hydrogen-bond donors (Lipinski definition) is 1. The Hall–Kier alpha value is -1.81. The van der Waals surface area contributed by atoms with E-state index < -0.39 is 0 Å². The van der Waals surface area contributed by atoms with Crippen LogP contribution >= 0.6 is 0 Å². The van der Waals surface area contributed by atoms with Gasteiger partial charge in [0.2, 0.25) is 0 Å². The van der Waals surface area contributed by atoms with Gasteiger partial charge in [-0.25, -0.2) is 0 Å². The largest absolute Gasteiger partial charge is 0.492 e. The van der Waals surface area contributed by atoms with Gasteiger partial charge in [-0.15, -0.1) is 0 Å². The first-order chi connectivity index (χ1) is 8.85. The van der Waals surface area contributed by atoms with E-state index in [1.54, 1.807) is 12.5 Å². The molecule has 0 bridgehead atoms. The zero-order valence-corrected chi connectivity index (χ0v) is 10.7. The highest BCUT2D eigenvalue weighted by atomic mass is 16.5. The maximum Gasteiger partial charge on any atom is 0.137 e. The van der Waals surface area contributed by atoms with Gasteiger partial charge in [0.1, 0.15) is 11.5 Å². The molecule has 0 fully saturated rings. The summed E-state index contributed by atoms with van der Waals surface area (Å²) in [5.74, 6) is 1.66. The van der Waals surface area contributed by atoms with Crippen molar-refractivity contribution in [1.82, 2.24) is 10.3 Å². The molecular weight excluding hydrogens is 228 g/mol. The van der Waals surface area contributed by atoms with Crippen LogP contribution in [-0.2, 0) is 0 Å². The van der Waals surface area contributed by atoms with E-state index in [2.05, 4.69) is 17.2 Å². The third-order valence-electron chi connectivity index (χ3n) is 2.61. The molecule has 2 rings (SSSR count). The summed E-state index contributed by atoms with van der Waals surface area (Å²) in [6.45, 7) is 5.51. The van der Waals surface area contributed by atoms with Gasteiger partial charge in [-0.2, -0.15) is 0 Å². The molecule has 0 radical (unpaired) electrons. The fourth-order valence-corrected chi connectivity index (χ4v) is 1.88. The zero-order chi connectivity index (χ0) is 12.8. The minimum absolute atomic E-state index is 0.0120. The van der Waals surface area contributed by atoms with E-state index in [0.29, 0.717) is 6.61 Å². The van der Waals surface area contributed by atoms with Crippen LogP contribution in [0.2, 0.25) is 0 Å². The highest BCUT2D eigenvalue weighted by Gasteiger charge is 2.16. The first kappa shape index (κ1) is 12.6. The SMILES string of the molecule is CCNC(c1cncc(OCC)c1)c1ccco1. The van der Waals surface area contributed by atoms with Gasteiger partial charge in [0.25, 0.3) is 0 Å². The van der Waals surface area contributed by atoms with E-state index in [0.717, 1.165) is 23.6 Å². The summed E-state index contributed by atoms with van der Waals surface area (Å²) in [7, 11) is 0. The van der Waals surface area contributed by atoms with Crippen LogP contribution in [-0.4, -0.2) is 18.1 Å². The summed E-state index contributed by atoms with van der Waals surface area (Å²) in [5, 5.41) is 3.38. The molecule has 0 amide bonds. The molecule has 1 unspecified atom stereocenters. The molecule has 0 saturated heterocycles. The van der Waals surface area contributed by atoms with E-state index in [4.69, 9.17) is 9.15 Å². The molecule has 2 aromatic heterocycles. The minimum atomic E-state index is 0.0120. The normalized spacial score (nSPS) is 12.3. The second kappa shape index (κ2) is 6.21. The van der Waals surface area contributed by atoms with Gasteiger partial charge < -0.3 is 14.5 Å². The number of hydrogen-bond acceptors (Lipinski definition) is 4. The summed E-state index contributed by atoms with van der Waals surface area (Å²) in [5.41, 5.74) is 1.04. The molecule has 18 heavy (non-hydrogen) atoms. The van der Waals surface area contributed by atoms with E-state index in [1.807, 2.05) is 31.3 Å². The molecule has 4 nitrogen and oxygen atoms in total. The highest BCUT2D eigenvalue weighted by molar-refractivity contribution is 5.30. The number of rotatable bonds is 6. The minimum Gasteiger partial charge on any atom is -0.492 e. The van der Waals surface area contributed by atoms with Crippen LogP contribution in [0, 0.1) is 0 Å². The maximum absolute atomic E-state index is 5.47. The Labute approximate surface area is 107 Å². The Morgan fingerprint density at radius 1 is 1.39 bits per heavy atom. The predicted octanol–water partition coefficient (Wildman–Crippen LogP) is 2.77. The molecule has 2 aromatic rings. The molecule has 1 atom stereocenters. The highest BCUT2D eigenvalue weighted by Crippen LogP contribution is 2.24. The molecule has 4 heteroatoms. The fraction of sp³-hybridized carbons (Fsp3) is 0.357. The lowest BCUT2D eigenvalue weighted by molar-refractivity contribution is 0.337. The van der Waals surface area contributed by atoms with Crippen molar-refractivity contribution in [2.45, 2.75) is 19.9 Å². The maximum atomic E-state index is 5.47. The summed E-state index contributed by atoms with van der Waals surface area (Å²) >= 11 is 0. The summed E-state index contributed by atoms with van der Waals surface area (Å²) < 4.78 is 10.9. The van der Waals surface area contributed by atoms with Crippen LogP contribution in [0.3, 0.4) is 0 Å². The molecule has 0 aromatic carbocycles.